The Hall–Kier alpha value is -1.59. The Balaban J connectivity index is 1.85. The summed E-state index contributed by atoms with van der Waals surface area (Å²) in [6.45, 7) is 9.68. The third-order valence-electron chi connectivity index (χ3n) is 7.02. The second-order valence-corrected chi connectivity index (χ2v) is 8.06. The van der Waals surface area contributed by atoms with Crippen molar-refractivity contribution in [2.45, 2.75) is 71.4 Å². The summed E-state index contributed by atoms with van der Waals surface area (Å²) in [6, 6.07) is 0. The quantitative estimate of drug-likeness (QED) is 0.506. The molecule has 3 aliphatic rings. The summed E-state index contributed by atoms with van der Waals surface area (Å²) in [5.74, 6) is 0.455. The first kappa shape index (κ1) is 16.9. The first-order valence-corrected chi connectivity index (χ1v) is 9.03. The van der Waals surface area contributed by atoms with Crippen LogP contribution in [0.5, 0.6) is 0 Å². The van der Waals surface area contributed by atoms with Crippen LogP contribution < -0.4 is 0 Å². The molecule has 2 heterocycles. The Morgan fingerprint density at radius 3 is 2.88 bits per heavy atom. The molecule has 1 aromatic rings. The number of aliphatic hydroxyl groups is 1. The minimum atomic E-state index is -0.499. The van der Waals surface area contributed by atoms with Crippen LogP contribution >= 0.6 is 0 Å². The third-order valence-corrected chi connectivity index (χ3v) is 7.02. The van der Waals surface area contributed by atoms with Crippen molar-refractivity contribution >= 4 is 5.97 Å². The minimum Gasteiger partial charge on any atom is -0.469 e. The molecule has 0 radical (unpaired) electrons. The van der Waals surface area contributed by atoms with E-state index in [0.717, 1.165) is 16.9 Å². The van der Waals surface area contributed by atoms with E-state index in [0.29, 0.717) is 18.4 Å². The molecule has 0 aromatic carbocycles. The Morgan fingerprint density at radius 2 is 2.20 bits per heavy atom. The second-order valence-electron chi connectivity index (χ2n) is 8.06. The number of esters is 1. The Labute approximate surface area is 148 Å². The van der Waals surface area contributed by atoms with Crippen LogP contribution in [0.1, 0.15) is 57.1 Å². The maximum absolute atomic E-state index is 12.6. The number of rotatable bonds is 2. The van der Waals surface area contributed by atoms with Crippen LogP contribution in [0.4, 0.5) is 0 Å². The van der Waals surface area contributed by atoms with Crippen LogP contribution in [-0.4, -0.2) is 28.9 Å². The number of aliphatic hydroxyl groups excluding tert-OH is 1. The number of hydrogen-bond acceptors (Lipinski definition) is 5. The molecule has 1 saturated heterocycles. The number of fused-ring (bicyclic) bond motifs is 1. The van der Waals surface area contributed by atoms with Crippen molar-refractivity contribution in [3.8, 4) is 0 Å². The van der Waals surface area contributed by atoms with Crippen molar-refractivity contribution in [3.63, 3.8) is 0 Å². The monoisotopic (exact) mass is 346 g/mol. The molecule has 1 aliphatic heterocycles. The average molecular weight is 346 g/mol. The molecule has 1 aromatic heterocycles. The van der Waals surface area contributed by atoms with Gasteiger partial charge in [-0.25, -0.2) is 4.79 Å². The molecule has 2 fully saturated rings. The summed E-state index contributed by atoms with van der Waals surface area (Å²) in [5, 5.41) is 10.6. The summed E-state index contributed by atoms with van der Waals surface area (Å²) in [7, 11) is 0. The predicted molar refractivity (Wildman–Crippen MR) is 90.9 cm³/mol. The number of epoxide rings is 1. The van der Waals surface area contributed by atoms with Crippen molar-refractivity contribution in [2.75, 3.05) is 0 Å². The molecule has 0 amide bonds. The fraction of sp³-hybridized carbons (Fsp3) is 0.650. The van der Waals surface area contributed by atoms with E-state index in [1.807, 2.05) is 20.8 Å². The predicted octanol–water partition coefficient (Wildman–Crippen LogP) is 3.24. The molecule has 1 N–H and O–H groups in total. The number of carbonyl (C=O) groups excluding carboxylic acids is 1. The van der Waals surface area contributed by atoms with Gasteiger partial charge in [0, 0.05) is 29.4 Å². The first-order valence-electron chi connectivity index (χ1n) is 9.03. The molecule has 2 aliphatic carbocycles. The lowest BCUT2D eigenvalue weighted by Crippen LogP contribution is -2.58. The van der Waals surface area contributed by atoms with Crippen LogP contribution in [0.3, 0.4) is 0 Å². The van der Waals surface area contributed by atoms with E-state index in [4.69, 9.17) is 13.9 Å². The van der Waals surface area contributed by atoms with Crippen LogP contribution in [0.2, 0.25) is 0 Å². The first-order chi connectivity index (χ1) is 11.8. The van der Waals surface area contributed by atoms with Gasteiger partial charge in [0.2, 0.25) is 0 Å². The summed E-state index contributed by atoms with van der Waals surface area (Å²) in [4.78, 5) is 12.6. The van der Waals surface area contributed by atoms with Gasteiger partial charge in [-0.1, -0.05) is 19.9 Å². The number of carbonyl (C=O) groups is 1. The van der Waals surface area contributed by atoms with E-state index >= 15 is 0 Å². The van der Waals surface area contributed by atoms with Gasteiger partial charge in [0.15, 0.2) is 0 Å². The number of hydrogen-bond donors (Lipinski definition) is 1. The van der Waals surface area contributed by atoms with E-state index in [2.05, 4.69) is 6.92 Å². The Kier molecular flexibility index (Phi) is 3.51. The van der Waals surface area contributed by atoms with Gasteiger partial charge < -0.3 is 19.0 Å². The normalized spacial score (nSPS) is 42.2. The smallest absolute Gasteiger partial charge is 0.334 e. The van der Waals surface area contributed by atoms with E-state index in [-0.39, 0.29) is 18.0 Å². The van der Waals surface area contributed by atoms with Crippen molar-refractivity contribution < 1.29 is 23.8 Å². The van der Waals surface area contributed by atoms with Gasteiger partial charge in [0.25, 0.3) is 0 Å². The van der Waals surface area contributed by atoms with Gasteiger partial charge in [-0.15, -0.1) is 0 Å². The minimum absolute atomic E-state index is 0.00808. The van der Waals surface area contributed by atoms with E-state index < -0.39 is 23.2 Å². The zero-order chi connectivity index (χ0) is 18.1. The van der Waals surface area contributed by atoms with Crippen molar-refractivity contribution in [3.05, 3.63) is 34.8 Å². The highest BCUT2D eigenvalue weighted by Gasteiger charge is 2.77. The Morgan fingerprint density at radius 1 is 1.48 bits per heavy atom. The van der Waals surface area contributed by atoms with Crippen LogP contribution in [0.25, 0.3) is 0 Å². The maximum Gasteiger partial charge on any atom is 0.334 e. The van der Waals surface area contributed by atoms with E-state index in [1.54, 1.807) is 19.3 Å². The molecule has 136 valence electrons. The standard InChI is InChI=1S/C20H26O5/c1-6-10(2)18(22)24-17-16-11(3)9-23-14(16)8-20-15(25-20)7-13(21)12(4)19(17,20)5/h6,9,12-13,15,17,21H,7-8H2,1-5H3. The van der Waals surface area contributed by atoms with E-state index in [1.165, 1.54) is 0 Å². The van der Waals surface area contributed by atoms with Crippen LogP contribution in [0, 0.1) is 18.3 Å². The zero-order valence-corrected chi connectivity index (χ0v) is 15.5. The summed E-state index contributed by atoms with van der Waals surface area (Å²) in [5.41, 5.74) is 1.58. The van der Waals surface area contributed by atoms with Crippen LogP contribution in [0.15, 0.2) is 22.3 Å². The highest BCUT2D eigenvalue weighted by atomic mass is 16.6. The third kappa shape index (κ3) is 1.99. The number of allylic oxidation sites excluding steroid dienone is 1. The SMILES string of the molecule is CC=C(C)C(=O)OC1c2c(C)coc2CC23OC2CC(O)C(C)C13C. The lowest BCUT2D eigenvalue weighted by molar-refractivity contribution is -0.171. The van der Waals surface area contributed by atoms with Gasteiger partial charge in [-0.2, -0.15) is 0 Å². The maximum atomic E-state index is 12.6. The van der Waals surface area contributed by atoms with Crippen molar-refractivity contribution in [1.82, 2.24) is 0 Å². The number of furan rings is 1. The molecule has 1 spiro atoms. The summed E-state index contributed by atoms with van der Waals surface area (Å²) in [6.07, 6.45) is 3.80. The summed E-state index contributed by atoms with van der Waals surface area (Å²) < 4.78 is 18.0. The van der Waals surface area contributed by atoms with Crippen LogP contribution in [-0.2, 0) is 20.7 Å². The molecule has 0 bridgehead atoms. The molecule has 5 nitrogen and oxygen atoms in total. The number of aryl methyl sites for hydroxylation is 1. The van der Waals surface area contributed by atoms with Gasteiger partial charge in [-0.3, -0.25) is 0 Å². The zero-order valence-electron chi connectivity index (χ0n) is 15.5. The van der Waals surface area contributed by atoms with Gasteiger partial charge >= 0.3 is 5.97 Å². The molecule has 4 rings (SSSR count). The highest BCUT2D eigenvalue weighted by molar-refractivity contribution is 5.88. The van der Waals surface area contributed by atoms with Crippen molar-refractivity contribution in [1.29, 1.82) is 0 Å². The molecular weight excluding hydrogens is 320 g/mol. The lowest BCUT2D eigenvalue weighted by Gasteiger charge is -2.52. The molecule has 1 saturated carbocycles. The Bertz CT molecular complexity index is 762. The molecule has 6 unspecified atom stereocenters. The fourth-order valence-electron chi connectivity index (χ4n) is 4.98. The van der Waals surface area contributed by atoms with Gasteiger partial charge in [0.1, 0.15) is 17.5 Å². The molecular formula is C20H26O5. The van der Waals surface area contributed by atoms with Crippen molar-refractivity contribution in [2.24, 2.45) is 11.3 Å². The molecule has 6 atom stereocenters. The van der Waals surface area contributed by atoms with Gasteiger partial charge in [-0.05, 0) is 32.3 Å². The highest BCUT2D eigenvalue weighted by Crippen LogP contribution is 2.69. The lowest BCUT2D eigenvalue weighted by atomic mass is 9.53. The molecule has 5 heteroatoms. The number of ether oxygens (including phenoxy) is 2. The average Bonchev–Trinajstić information content (AvgIpc) is 3.16. The van der Waals surface area contributed by atoms with Gasteiger partial charge in [0.05, 0.1) is 18.5 Å². The second kappa shape index (κ2) is 5.21. The fourth-order valence-corrected chi connectivity index (χ4v) is 4.98. The summed E-state index contributed by atoms with van der Waals surface area (Å²) >= 11 is 0. The molecule has 25 heavy (non-hydrogen) atoms. The largest absolute Gasteiger partial charge is 0.469 e. The van der Waals surface area contributed by atoms with E-state index in [9.17, 15) is 9.90 Å². The topological polar surface area (TPSA) is 72.2 Å².